The Hall–Kier alpha value is -0.610. The van der Waals surface area contributed by atoms with Gasteiger partial charge in [0.2, 0.25) is 5.91 Å². The number of hydrogen-bond acceptors (Lipinski definition) is 4. The van der Waals surface area contributed by atoms with E-state index in [9.17, 15) is 4.79 Å². The first-order valence-corrected chi connectivity index (χ1v) is 9.05. The van der Waals surface area contributed by atoms with Gasteiger partial charge in [-0.25, -0.2) is 0 Å². The maximum Gasteiger partial charge on any atom is 0.221 e. The third kappa shape index (κ3) is 12.4. The van der Waals surface area contributed by atoms with Crippen LogP contribution < -0.4 is 16.0 Å². The first kappa shape index (κ1) is 24.4. The molecule has 2 atom stereocenters. The van der Waals surface area contributed by atoms with Crippen LogP contribution in [-0.4, -0.2) is 64.5 Å². The van der Waals surface area contributed by atoms with Crippen LogP contribution in [0.15, 0.2) is 4.99 Å². The Kier molecular flexibility index (Phi) is 15.2. The predicted octanol–water partition coefficient (Wildman–Crippen LogP) is 1.52. The molecular weight excluding hydrogens is 435 g/mol. The highest BCUT2D eigenvalue weighted by Gasteiger charge is 2.15. The molecule has 0 aromatic carbocycles. The van der Waals surface area contributed by atoms with Gasteiger partial charge in [-0.2, -0.15) is 0 Å². The number of ether oxygens (including phenoxy) is 2. The van der Waals surface area contributed by atoms with Gasteiger partial charge in [0.25, 0.3) is 0 Å². The number of carbonyl (C=O) groups excluding carboxylic acids is 1. The van der Waals surface area contributed by atoms with Gasteiger partial charge in [0, 0.05) is 51.7 Å². The zero-order chi connectivity index (χ0) is 17.6. The maximum atomic E-state index is 11.7. The minimum absolute atomic E-state index is 0. The van der Waals surface area contributed by atoms with Crippen molar-refractivity contribution >= 4 is 35.8 Å². The monoisotopic (exact) mass is 470 g/mol. The molecule has 0 aromatic heterocycles. The molecule has 1 rings (SSSR count). The number of carbonyl (C=O) groups is 1. The van der Waals surface area contributed by atoms with Crippen molar-refractivity contribution in [3.8, 4) is 0 Å². The Morgan fingerprint density at radius 1 is 1.36 bits per heavy atom. The van der Waals surface area contributed by atoms with E-state index in [1.807, 2.05) is 6.92 Å². The van der Waals surface area contributed by atoms with Crippen molar-refractivity contribution in [2.75, 3.05) is 46.6 Å². The van der Waals surface area contributed by atoms with E-state index < -0.39 is 0 Å². The lowest BCUT2D eigenvalue weighted by Gasteiger charge is -2.14. The first-order valence-electron chi connectivity index (χ1n) is 9.05. The van der Waals surface area contributed by atoms with E-state index in [2.05, 4.69) is 27.9 Å². The van der Waals surface area contributed by atoms with E-state index in [0.29, 0.717) is 18.9 Å². The zero-order valence-electron chi connectivity index (χ0n) is 15.8. The average molecular weight is 470 g/mol. The molecule has 1 aliphatic rings. The standard InChI is InChI=1S/C17H34N4O3.HI/c1-4-14(2)21-16(22)6-9-20-17(18-3)19-8-5-10-23-12-15-7-11-24-13-15;/h14-15H,4-13H2,1-3H3,(H,21,22)(H2,18,19,20);1H. The fourth-order valence-corrected chi connectivity index (χ4v) is 2.31. The van der Waals surface area contributed by atoms with Gasteiger partial charge < -0.3 is 25.4 Å². The van der Waals surface area contributed by atoms with E-state index in [-0.39, 0.29) is 35.9 Å². The number of amides is 1. The second kappa shape index (κ2) is 15.6. The summed E-state index contributed by atoms with van der Waals surface area (Å²) in [5, 5.41) is 9.32. The normalized spacial score (nSPS) is 18.4. The molecule has 1 aliphatic heterocycles. The number of nitrogens with zero attached hydrogens (tertiary/aromatic N) is 1. The molecule has 7 nitrogen and oxygen atoms in total. The minimum atomic E-state index is 0. The van der Waals surface area contributed by atoms with Crippen LogP contribution in [-0.2, 0) is 14.3 Å². The molecular formula is C17H35IN4O3. The lowest BCUT2D eigenvalue weighted by molar-refractivity contribution is -0.121. The Bertz CT molecular complexity index is 377. The van der Waals surface area contributed by atoms with E-state index in [4.69, 9.17) is 9.47 Å². The molecule has 1 amide bonds. The highest BCUT2D eigenvalue weighted by Crippen LogP contribution is 2.12. The number of guanidine groups is 1. The molecule has 1 heterocycles. The topological polar surface area (TPSA) is 84.0 Å². The molecule has 0 radical (unpaired) electrons. The molecule has 0 saturated carbocycles. The number of nitrogens with one attached hydrogen (secondary N) is 3. The van der Waals surface area contributed by atoms with E-state index >= 15 is 0 Å². The van der Waals surface area contributed by atoms with Crippen molar-refractivity contribution in [2.45, 2.75) is 45.6 Å². The van der Waals surface area contributed by atoms with Crippen LogP contribution in [0.1, 0.15) is 39.5 Å². The van der Waals surface area contributed by atoms with Gasteiger partial charge in [-0.3, -0.25) is 9.79 Å². The zero-order valence-corrected chi connectivity index (χ0v) is 18.1. The number of hydrogen-bond donors (Lipinski definition) is 3. The van der Waals surface area contributed by atoms with Crippen LogP contribution in [0.4, 0.5) is 0 Å². The van der Waals surface area contributed by atoms with Crippen molar-refractivity contribution in [3.05, 3.63) is 0 Å². The number of rotatable bonds is 11. The smallest absolute Gasteiger partial charge is 0.221 e. The molecule has 148 valence electrons. The molecule has 1 fully saturated rings. The van der Waals surface area contributed by atoms with E-state index in [1.165, 1.54) is 0 Å². The molecule has 0 aliphatic carbocycles. The lowest BCUT2D eigenvalue weighted by Crippen LogP contribution is -2.40. The highest BCUT2D eigenvalue weighted by molar-refractivity contribution is 14.0. The Morgan fingerprint density at radius 2 is 2.12 bits per heavy atom. The summed E-state index contributed by atoms with van der Waals surface area (Å²) in [6, 6.07) is 0.228. The van der Waals surface area contributed by atoms with Gasteiger partial charge in [-0.1, -0.05) is 6.92 Å². The first-order chi connectivity index (χ1) is 11.7. The van der Waals surface area contributed by atoms with Crippen LogP contribution in [0, 0.1) is 5.92 Å². The van der Waals surface area contributed by atoms with Crippen molar-refractivity contribution in [3.63, 3.8) is 0 Å². The van der Waals surface area contributed by atoms with Crippen molar-refractivity contribution in [2.24, 2.45) is 10.9 Å². The Labute approximate surface area is 169 Å². The van der Waals surface area contributed by atoms with E-state index in [0.717, 1.165) is 58.2 Å². The van der Waals surface area contributed by atoms with E-state index in [1.54, 1.807) is 7.05 Å². The average Bonchev–Trinajstić information content (AvgIpc) is 3.09. The fourth-order valence-electron chi connectivity index (χ4n) is 2.31. The van der Waals surface area contributed by atoms with Crippen LogP contribution >= 0.6 is 24.0 Å². The Morgan fingerprint density at radius 3 is 2.76 bits per heavy atom. The van der Waals surface area contributed by atoms with Gasteiger partial charge in [-0.15, -0.1) is 24.0 Å². The van der Waals surface area contributed by atoms with Crippen LogP contribution in [0.2, 0.25) is 0 Å². The molecule has 0 bridgehead atoms. The molecule has 2 unspecified atom stereocenters. The molecule has 3 N–H and O–H groups in total. The summed E-state index contributed by atoms with van der Waals surface area (Å²) in [5.74, 6) is 1.35. The fraction of sp³-hybridized carbons (Fsp3) is 0.882. The van der Waals surface area contributed by atoms with Crippen LogP contribution in [0.25, 0.3) is 0 Å². The van der Waals surface area contributed by atoms with Crippen molar-refractivity contribution in [1.82, 2.24) is 16.0 Å². The summed E-state index contributed by atoms with van der Waals surface area (Å²) in [6.45, 7) is 8.65. The molecule has 25 heavy (non-hydrogen) atoms. The lowest BCUT2D eigenvalue weighted by atomic mass is 10.1. The number of halogens is 1. The molecule has 8 heteroatoms. The second-order valence-corrected chi connectivity index (χ2v) is 6.21. The summed E-state index contributed by atoms with van der Waals surface area (Å²) < 4.78 is 11.0. The summed E-state index contributed by atoms with van der Waals surface area (Å²) in [7, 11) is 1.73. The van der Waals surface area contributed by atoms with Crippen molar-refractivity contribution in [1.29, 1.82) is 0 Å². The summed E-state index contributed by atoms with van der Waals surface area (Å²) in [6.07, 6.45) is 3.41. The predicted molar refractivity (Wildman–Crippen MR) is 112 cm³/mol. The summed E-state index contributed by atoms with van der Waals surface area (Å²) in [5.41, 5.74) is 0. The number of aliphatic imine (C=N–C) groups is 1. The van der Waals surface area contributed by atoms with Gasteiger partial charge in [0.15, 0.2) is 5.96 Å². The third-order valence-electron chi connectivity index (χ3n) is 4.02. The highest BCUT2D eigenvalue weighted by atomic mass is 127. The minimum Gasteiger partial charge on any atom is -0.381 e. The molecule has 0 spiro atoms. The van der Waals surface area contributed by atoms with Gasteiger partial charge in [0.05, 0.1) is 13.2 Å². The third-order valence-corrected chi connectivity index (χ3v) is 4.02. The second-order valence-electron chi connectivity index (χ2n) is 6.21. The maximum absolute atomic E-state index is 11.7. The molecule has 1 saturated heterocycles. The van der Waals surface area contributed by atoms with Crippen LogP contribution in [0.3, 0.4) is 0 Å². The summed E-state index contributed by atoms with van der Waals surface area (Å²) in [4.78, 5) is 15.8. The largest absolute Gasteiger partial charge is 0.381 e. The van der Waals surface area contributed by atoms with Crippen LogP contribution in [0.5, 0.6) is 0 Å². The summed E-state index contributed by atoms with van der Waals surface area (Å²) >= 11 is 0. The van der Waals surface area contributed by atoms with Gasteiger partial charge in [0.1, 0.15) is 0 Å². The SMILES string of the molecule is CCC(C)NC(=O)CCNC(=NC)NCCCOCC1CCOC1.I. The van der Waals surface area contributed by atoms with Gasteiger partial charge in [-0.05, 0) is 26.2 Å². The quantitative estimate of drug-likeness (QED) is 0.185. The Balaban J connectivity index is 0.00000576. The van der Waals surface area contributed by atoms with Crippen molar-refractivity contribution < 1.29 is 14.3 Å². The molecule has 0 aromatic rings. The van der Waals surface area contributed by atoms with Gasteiger partial charge >= 0.3 is 0 Å².